The third kappa shape index (κ3) is 3.41. The number of aliphatic hydroxyl groups excluding tert-OH is 1. The lowest BCUT2D eigenvalue weighted by Crippen LogP contribution is -2.29. The number of hydrogen-bond acceptors (Lipinski definition) is 7. The minimum absolute atomic E-state index is 0.126. The van der Waals surface area contributed by atoms with Crippen molar-refractivity contribution >= 4 is 23.1 Å². The monoisotopic (exact) mass is 432 g/mol. The van der Waals surface area contributed by atoms with Crippen molar-refractivity contribution in [2.75, 3.05) is 19.1 Å². The van der Waals surface area contributed by atoms with E-state index in [2.05, 4.69) is 4.98 Å². The Hall–Kier alpha value is -4.33. The zero-order chi connectivity index (χ0) is 22.8. The number of hydrogen-bond donors (Lipinski definition) is 2. The number of methoxy groups -OCH3 is 2. The van der Waals surface area contributed by atoms with Gasteiger partial charge < -0.3 is 19.7 Å². The molecule has 0 radical (unpaired) electrons. The molecule has 0 spiro atoms. The molecule has 1 aromatic heterocycles. The van der Waals surface area contributed by atoms with E-state index < -0.39 is 17.7 Å². The minimum Gasteiger partial charge on any atom is -0.507 e. The number of Topliss-reactive ketones (excluding diaryl/α,β-unsaturated/α-hetero) is 1. The Morgan fingerprint density at radius 2 is 1.75 bits per heavy atom. The zero-order valence-electron chi connectivity index (χ0n) is 17.4. The smallest absolute Gasteiger partial charge is 0.300 e. The predicted octanol–water partition coefficient (Wildman–Crippen LogP) is 3.43. The van der Waals surface area contributed by atoms with Crippen LogP contribution in [0.3, 0.4) is 0 Å². The van der Waals surface area contributed by atoms with Crippen LogP contribution in [0.1, 0.15) is 17.2 Å². The second kappa shape index (κ2) is 8.43. The molecule has 32 heavy (non-hydrogen) atoms. The van der Waals surface area contributed by atoms with Gasteiger partial charge in [-0.15, -0.1) is 0 Å². The number of phenols is 1. The van der Waals surface area contributed by atoms with Crippen molar-refractivity contribution in [3.8, 4) is 17.2 Å². The lowest BCUT2D eigenvalue weighted by atomic mass is 9.96. The molecule has 8 heteroatoms. The highest BCUT2D eigenvalue weighted by atomic mass is 16.5. The molecule has 4 rings (SSSR count). The number of aromatic nitrogens is 1. The van der Waals surface area contributed by atoms with Gasteiger partial charge in [-0.05, 0) is 42.0 Å². The van der Waals surface area contributed by atoms with Crippen LogP contribution < -0.4 is 14.4 Å². The van der Waals surface area contributed by atoms with E-state index in [0.29, 0.717) is 17.1 Å². The van der Waals surface area contributed by atoms with Gasteiger partial charge in [0.1, 0.15) is 11.5 Å². The van der Waals surface area contributed by atoms with E-state index in [-0.39, 0.29) is 28.3 Å². The summed E-state index contributed by atoms with van der Waals surface area (Å²) in [5.74, 6) is -1.51. The van der Waals surface area contributed by atoms with Crippen LogP contribution in [0.2, 0.25) is 0 Å². The summed E-state index contributed by atoms with van der Waals surface area (Å²) in [6.07, 6.45) is 3.06. The third-order valence-electron chi connectivity index (χ3n) is 5.24. The fourth-order valence-corrected chi connectivity index (χ4v) is 3.74. The maximum atomic E-state index is 13.1. The normalized spacial score (nSPS) is 17.4. The fraction of sp³-hybridized carbons (Fsp3) is 0.125. The average molecular weight is 432 g/mol. The molecule has 1 saturated heterocycles. The Bertz CT molecular complexity index is 1220. The number of aliphatic hydroxyl groups is 1. The SMILES string of the molecule is COc1ccc(/C(O)=C2/C(=O)C(=O)N(c3ccccc3O)C2c2cccnc2)cc1OC. The van der Waals surface area contributed by atoms with Crippen LogP contribution in [0.5, 0.6) is 17.2 Å². The molecule has 0 saturated carbocycles. The van der Waals surface area contributed by atoms with E-state index >= 15 is 0 Å². The number of nitrogens with zero attached hydrogens (tertiary/aromatic N) is 2. The molecular formula is C24H20N2O6. The lowest BCUT2D eigenvalue weighted by molar-refractivity contribution is -0.132. The number of ketones is 1. The van der Waals surface area contributed by atoms with Crippen molar-refractivity contribution in [3.63, 3.8) is 0 Å². The van der Waals surface area contributed by atoms with Gasteiger partial charge in [-0.1, -0.05) is 18.2 Å². The third-order valence-corrected chi connectivity index (χ3v) is 5.24. The Morgan fingerprint density at radius 1 is 1.00 bits per heavy atom. The summed E-state index contributed by atoms with van der Waals surface area (Å²) in [5, 5.41) is 21.5. The number of rotatable bonds is 5. The molecule has 3 aromatic rings. The number of phenolic OH excluding ortho intramolecular Hbond substituents is 1. The zero-order valence-corrected chi connectivity index (χ0v) is 17.4. The lowest BCUT2D eigenvalue weighted by Gasteiger charge is -2.25. The minimum atomic E-state index is -0.995. The van der Waals surface area contributed by atoms with Gasteiger partial charge in [0.15, 0.2) is 11.5 Å². The first-order valence-corrected chi connectivity index (χ1v) is 9.69. The first kappa shape index (κ1) is 20.9. The molecule has 1 aliphatic heterocycles. The highest BCUT2D eigenvalue weighted by Gasteiger charge is 2.47. The first-order valence-electron chi connectivity index (χ1n) is 9.69. The summed E-state index contributed by atoms with van der Waals surface area (Å²) >= 11 is 0. The second-order valence-corrected chi connectivity index (χ2v) is 7.01. The number of anilines is 1. The summed E-state index contributed by atoms with van der Waals surface area (Å²) in [7, 11) is 2.94. The number of aromatic hydroxyl groups is 1. The van der Waals surface area contributed by atoms with Gasteiger partial charge in [0.05, 0.1) is 31.5 Å². The maximum Gasteiger partial charge on any atom is 0.300 e. The van der Waals surface area contributed by atoms with Crippen molar-refractivity contribution in [2.45, 2.75) is 6.04 Å². The summed E-state index contributed by atoms with van der Waals surface area (Å²) in [5.41, 5.74) is 0.789. The van der Waals surface area contributed by atoms with E-state index in [1.165, 1.54) is 43.5 Å². The first-order chi connectivity index (χ1) is 15.5. The van der Waals surface area contributed by atoms with Gasteiger partial charge in [0.25, 0.3) is 11.7 Å². The quantitative estimate of drug-likeness (QED) is 0.361. The molecular weight excluding hydrogens is 412 g/mol. The molecule has 0 bridgehead atoms. The van der Waals surface area contributed by atoms with E-state index in [1.807, 2.05) is 0 Å². The number of carbonyl (C=O) groups is 2. The molecule has 8 nitrogen and oxygen atoms in total. The summed E-state index contributed by atoms with van der Waals surface area (Å²) in [6, 6.07) is 13.2. The number of amides is 1. The summed E-state index contributed by atoms with van der Waals surface area (Å²) in [6.45, 7) is 0. The molecule has 0 aliphatic carbocycles. The number of benzene rings is 2. The molecule has 2 N–H and O–H groups in total. The van der Waals surface area contributed by atoms with Crippen LogP contribution in [0.4, 0.5) is 5.69 Å². The number of pyridine rings is 1. The van der Waals surface area contributed by atoms with Crippen LogP contribution >= 0.6 is 0 Å². The van der Waals surface area contributed by atoms with Crippen molar-refractivity contribution in [1.29, 1.82) is 0 Å². The summed E-state index contributed by atoms with van der Waals surface area (Å²) in [4.78, 5) is 31.4. The topological polar surface area (TPSA) is 109 Å². The van der Waals surface area contributed by atoms with Crippen molar-refractivity contribution in [1.82, 2.24) is 4.98 Å². The number of para-hydroxylation sites is 2. The van der Waals surface area contributed by atoms with Crippen LogP contribution in [-0.2, 0) is 9.59 Å². The largest absolute Gasteiger partial charge is 0.507 e. The van der Waals surface area contributed by atoms with E-state index in [0.717, 1.165) is 0 Å². The average Bonchev–Trinajstić information content (AvgIpc) is 3.09. The molecule has 1 atom stereocenters. The van der Waals surface area contributed by atoms with Gasteiger partial charge in [-0.25, -0.2) is 0 Å². The van der Waals surface area contributed by atoms with Crippen LogP contribution in [0.15, 0.2) is 72.6 Å². The molecule has 162 valence electrons. The second-order valence-electron chi connectivity index (χ2n) is 7.01. The number of carbonyl (C=O) groups excluding carboxylic acids is 2. The molecule has 1 fully saturated rings. The Labute approximate surface area is 184 Å². The fourth-order valence-electron chi connectivity index (χ4n) is 3.74. The van der Waals surface area contributed by atoms with Crippen LogP contribution in [0, 0.1) is 0 Å². The maximum absolute atomic E-state index is 13.1. The highest BCUT2D eigenvalue weighted by molar-refractivity contribution is 6.51. The molecule has 1 aliphatic rings. The predicted molar refractivity (Wildman–Crippen MR) is 117 cm³/mol. The van der Waals surface area contributed by atoms with E-state index in [4.69, 9.17) is 9.47 Å². The standard InChI is InChI=1S/C24H20N2O6/c1-31-18-10-9-14(12-19(18)32-2)22(28)20-21(15-6-5-11-25-13-15)26(24(30)23(20)29)16-7-3-4-8-17(16)27/h3-13,21,27-28H,1-2H3/b22-20-. The number of ether oxygens (including phenoxy) is 2. The van der Waals surface area contributed by atoms with Crippen molar-refractivity contribution in [2.24, 2.45) is 0 Å². The Balaban J connectivity index is 1.95. The summed E-state index contributed by atoms with van der Waals surface area (Å²) < 4.78 is 10.5. The van der Waals surface area contributed by atoms with Gasteiger partial charge in [0.2, 0.25) is 0 Å². The Kier molecular flexibility index (Phi) is 5.51. The highest BCUT2D eigenvalue weighted by Crippen LogP contribution is 2.44. The van der Waals surface area contributed by atoms with Gasteiger partial charge >= 0.3 is 0 Å². The van der Waals surface area contributed by atoms with E-state index in [9.17, 15) is 19.8 Å². The van der Waals surface area contributed by atoms with Crippen LogP contribution in [-0.4, -0.2) is 41.1 Å². The van der Waals surface area contributed by atoms with Gasteiger partial charge in [-0.2, -0.15) is 0 Å². The molecule has 1 amide bonds. The molecule has 1 unspecified atom stereocenters. The van der Waals surface area contributed by atoms with Crippen molar-refractivity contribution in [3.05, 3.63) is 83.7 Å². The molecule has 2 heterocycles. The van der Waals surface area contributed by atoms with Gasteiger partial charge in [-0.3, -0.25) is 19.5 Å². The van der Waals surface area contributed by atoms with Crippen molar-refractivity contribution < 1.29 is 29.3 Å². The molecule has 2 aromatic carbocycles. The van der Waals surface area contributed by atoms with E-state index in [1.54, 1.807) is 42.6 Å². The van der Waals surface area contributed by atoms with Gasteiger partial charge in [0, 0.05) is 18.0 Å². The Morgan fingerprint density at radius 3 is 2.41 bits per heavy atom. The van der Waals surface area contributed by atoms with Crippen LogP contribution in [0.25, 0.3) is 5.76 Å².